The number of rotatable bonds is 11. The van der Waals surface area contributed by atoms with Gasteiger partial charge in [-0.2, -0.15) is 0 Å². The monoisotopic (exact) mass is 1160 g/mol. The Morgan fingerprint density at radius 3 is 1.51 bits per heavy atom. The molecule has 22 heteroatoms. The number of aryl methyl sites for hydroxylation is 7. The van der Waals surface area contributed by atoms with Crippen molar-refractivity contribution in [1.82, 2.24) is 15.2 Å². The molecule has 2 aromatic heterocycles. The molecule has 7 aromatic rings. The molecule has 7 N–H and O–H groups in total. The molecular formula is C60H73Cl2LiN6O13. The summed E-state index contributed by atoms with van der Waals surface area (Å²) in [4.78, 5) is 46.4. The topological polar surface area (TPSA) is 304 Å². The molecule has 8 rings (SSSR count). The fourth-order valence-electron chi connectivity index (χ4n) is 7.33. The van der Waals surface area contributed by atoms with Crippen LogP contribution in [0, 0.1) is 48.5 Å². The van der Waals surface area contributed by atoms with Gasteiger partial charge in [-0.1, -0.05) is 157 Å². The number of likely N-dealkylation sites (tertiary alicyclic amines) is 1. The summed E-state index contributed by atoms with van der Waals surface area (Å²) in [7, 11) is 0. The summed E-state index contributed by atoms with van der Waals surface area (Å²) in [6, 6.07) is 37.9. The molecule has 1 fully saturated rings. The molecule has 5 aromatic carbocycles. The Hall–Kier alpha value is -7.86. The average Bonchev–Trinajstić information content (AvgIpc) is 4.22. The van der Waals surface area contributed by atoms with Gasteiger partial charge in [0.05, 0.1) is 19.4 Å². The Morgan fingerprint density at radius 1 is 0.671 bits per heavy atom. The molecule has 0 atom stereocenters. The van der Waals surface area contributed by atoms with Crippen LogP contribution in [0.5, 0.6) is 0 Å². The minimum Gasteiger partial charge on any atom is -0.870 e. The Morgan fingerprint density at radius 2 is 1.10 bits per heavy atom. The van der Waals surface area contributed by atoms with E-state index < -0.39 is 11.9 Å². The number of halogens is 2. The van der Waals surface area contributed by atoms with E-state index in [2.05, 4.69) is 31.4 Å². The van der Waals surface area contributed by atoms with Crippen LogP contribution in [0.2, 0.25) is 0 Å². The number of benzene rings is 5. The number of carboxylic acids is 1. The molecule has 0 aliphatic carbocycles. The number of aldehydes is 1. The molecule has 0 spiro atoms. The summed E-state index contributed by atoms with van der Waals surface area (Å²) < 4.78 is 19.9. The number of ether oxygens (including phenoxy) is 2. The van der Waals surface area contributed by atoms with Gasteiger partial charge in [-0.15, -0.1) is 12.4 Å². The number of aromatic carboxylic acids is 1. The molecule has 19 nitrogen and oxygen atoms in total. The van der Waals surface area contributed by atoms with Crippen LogP contribution in [0.25, 0.3) is 22.5 Å². The van der Waals surface area contributed by atoms with Gasteiger partial charge in [-0.25, -0.2) is 20.3 Å². The van der Waals surface area contributed by atoms with Gasteiger partial charge in [0.25, 0.3) is 0 Å². The van der Waals surface area contributed by atoms with E-state index in [-0.39, 0.29) is 53.4 Å². The summed E-state index contributed by atoms with van der Waals surface area (Å²) >= 11 is 5.56. The number of hydrogen-bond donors (Lipinski definition) is 5. The van der Waals surface area contributed by atoms with Gasteiger partial charge in [0.1, 0.15) is 40.3 Å². The van der Waals surface area contributed by atoms with Crippen molar-refractivity contribution < 1.29 is 82.8 Å². The molecule has 0 bridgehead atoms. The molecule has 1 aliphatic rings. The number of hydrogen-bond acceptors (Lipinski definition) is 18. The second kappa shape index (κ2) is 42.0. The third-order valence-corrected chi connectivity index (χ3v) is 11.3. The Balaban J connectivity index is 0. The SMILES string of the molecule is CCOC(=O)C=C(C)N1CCCC1.CCOC(=O)c1c(-c2cccc(C)c2)noc1C.Cc1cccc(-c2noc(C)c2C(=O)O)c1.Cc1cccc(/C(Cl)=N\O)c1.Cc1cccc(/C=N\O)c1.Cc1cccc(C=O)c1.Cl.NO.[Li+].[OH-]. The van der Waals surface area contributed by atoms with Gasteiger partial charge >= 0.3 is 36.8 Å². The zero-order valence-corrected chi connectivity index (χ0v) is 49.7. The number of allylic oxidation sites excluding steroid dienone is 1. The minimum atomic E-state index is -1.02. The van der Waals surface area contributed by atoms with E-state index in [1.807, 2.05) is 158 Å². The molecular weight excluding hydrogens is 1090 g/mol. The van der Waals surface area contributed by atoms with Gasteiger partial charge < -0.3 is 49.6 Å². The van der Waals surface area contributed by atoms with Crippen molar-refractivity contribution in [3.8, 4) is 22.5 Å². The zero-order chi connectivity index (χ0) is 58.9. The summed E-state index contributed by atoms with van der Waals surface area (Å²) in [5.41, 5.74) is 12.0. The first-order valence-electron chi connectivity index (χ1n) is 24.9. The fourth-order valence-corrected chi connectivity index (χ4v) is 7.44. The normalized spacial score (nSPS) is 11.0. The standard InChI is InChI=1S/C14H15NO3.C12H11NO3.C10H17NO2.C8H8ClNO.C8H9NO.C8H8O.ClH.Li.H3NO.H2O/c1-4-17-14(16)12-10(3)18-15-13(12)11-7-5-6-9(2)8-11;1-7-4-3-5-9(6-7)11-10(12(14)15)8(2)16-13-11;1-3-13-10(12)8-9(2)11-6-4-5-7-11;1-6-3-2-4-7(5-6)8(9)10-11;1-7-3-2-4-8(5-7)6-9-10;1-7-3-2-4-8(5-7)6-9;;;1-2;/h5-8H,4H2,1-3H3;3-6H,1-2H3,(H,14,15);8H,3-7H2,1-2H3;2-5,11H,1H3;2-6,10H,1H3;2-6H,1H3;1H;;2H,1H2;1H2/q;;;;;;;+1;;/p-1/b;;;10-8+;9-6-;;;;;. The van der Waals surface area contributed by atoms with Crippen LogP contribution >= 0.6 is 24.0 Å². The molecule has 0 unspecified atom stereocenters. The molecule has 0 radical (unpaired) electrons. The first kappa shape index (κ1) is 76.2. The maximum atomic E-state index is 11.9. The van der Waals surface area contributed by atoms with E-state index in [4.69, 9.17) is 50.8 Å². The van der Waals surface area contributed by atoms with Crippen molar-refractivity contribution in [2.75, 3.05) is 26.3 Å². The third-order valence-electron chi connectivity index (χ3n) is 11.0. The molecule has 436 valence electrons. The van der Waals surface area contributed by atoms with E-state index in [1.165, 1.54) is 19.1 Å². The first-order chi connectivity index (χ1) is 37.8. The van der Waals surface area contributed by atoms with Crippen molar-refractivity contribution in [3.05, 3.63) is 200 Å². The van der Waals surface area contributed by atoms with Crippen molar-refractivity contribution in [3.63, 3.8) is 0 Å². The average molecular weight is 1160 g/mol. The number of carbonyl (C=O) groups excluding carboxylic acids is 3. The molecule has 0 amide bonds. The molecule has 1 aliphatic heterocycles. The predicted molar refractivity (Wildman–Crippen MR) is 315 cm³/mol. The quantitative estimate of drug-likeness (QED) is 0.0153. The van der Waals surface area contributed by atoms with Crippen molar-refractivity contribution in [1.29, 1.82) is 0 Å². The van der Waals surface area contributed by atoms with E-state index >= 15 is 0 Å². The van der Waals surface area contributed by atoms with Gasteiger partial charge in [0.15, 0.2) is 5.17 Å². The van der Waals surface area contributed by atoms with Gasteiger partial charge in [-0.3, -0.25) is 4.79 Å². The number of carbonyl (C=O) groups is 4. The second-order valence-corrected chi connectivity index (χ2v) is 17.7. The number of oxime groups is 2. The molecule has 82 heavy (non-hydrogen) atoms. The number of nitrogens with two attached hydrogens (primary N) is 1. The minimum absolute atomic E-state index is 0. The Kier molecular flexibility index (Phi) is 39.1. The van der Waals surface area contributed by atoms with Crippen LogP contribution in [-0.2, 0) is 14.3 Å². The van der Waals surface area contributed by atoms with Gasteiger partial charge in [0, 0.05) is 47.1 Å². The predicted octanol–water partition coefficient (Wildman–Crippen LogP) is 9.90. The van der Waals surface area contributed by atoms with Crippen LogP contribution in [0.3, 0.4) is 0 Å². The van der Waals surface area contributed by atoms with Crippen LogP contribution < -0.4 is 24.8 Å². The molecule has 3 heterocycles. The maximum absolute atomic E-state index is 11.9. The zero-order valence-electron chi connectivity index (χ0n) is 48.1. The first-order valence-corrected chi connectivity index (χ1v) is 25.3. The van der Waals surface area contributed by atoms with E-state index in [0.29, 0.717) is 41.7 Å². The van der Waals surface area contributed by atoms with E-state index in [1.54, 1.807) is 39.0 Å². The molecule has 1 saturated heterocycles. The van der Waals surface area contributed by atoms with Crippen LogP contribution in [-0.4, -0.2) is 103 Å². The smallest absolute Gasteiger partial charge is 0.870 e. The van der Waals surface area contributed by atoms with Crippen LogP contribution in [0.4, 0.5) is 0 Å². The van der Waals surface area contributed by atoms with Crippen molar-refractivity contribution >= 4 is 59.6 Å². The summed E-state index contributed by atoms with van der Waals surface area (Å²) in [5, 5.41) is 45.8. The summed E-state index contributed by atoms with van der Waals surface area (Å²) in [5.74, 6) is 2.66. The second-order valence-electron chi connectivity index (χ2n) is 17.4. The number of nitrogens with zero attached hydrogens (tertiary/aromatic N) is 5. The van der Waals surface area contributed by atoms with E-state index in [9.17, 15) is 19.2 Å². The Bertz CT molecular complexity index is 3120. The fraction of sp³-hybridized carbons (Fsp3) is 0.267. The third kappa shape index (κ3) is 27.1. The van der Waals surface area contributed by atoms with Crippen molar-refractivity contribution in [2.24, 2.45) is 16.2 Å². The number of aromatic nitrogens is 2. The number of carboxylic acid groups (broad SMARTS) is 1. The van der Waals surface area contributed by atoms with Gasteiger partial charge in [-0.05, 0) is 112 Å². The largest absolute Gasteiger partial charge is 1.00 e. The number of esters is 2. The maximum Gasteiger partial charge on any atom is 1.00 e. The van der Waals surface area contributed by atoms with Gasteiger partial charge in [0.2, 0.25) is 0 Å². The Labute approximate surface area is 502 Å². The summed E-state index contributed by atoms with van der Waals surface area (Å²) in [6.07, 6.45) is 6.30. The molecule has 0 saturated carbocycles. The van der Waals surface area contributed by atoms with Crippen LogP contribution in [0.15, 0.2) is 152 Å². The summed E-state index contributed by atoms with van der Waals surface area (Å²) in [6.45, 7) is 21.6. The van der Waals surface area contributed by atoms with E-state index in [0.717, 1.165) is 80.7 Å². The van der Waals surface area contributed by atoms with Crippen LogP contribution in [0.1, 0.15) is 115 Å². The van der Waals surface area contributed by atoms with Crippen molar-refractivity contribution in [2.45, 2.75) is 82.1 Å².